The lowest BCUT2D eigenvalue weighted by molar-refractivity contribution is -0.919. The molecule has 3 rings (SSSR count). The molecule has 0 aliphatic carbocycles. The van der Waals surface area contributed by atoms with Gasteiger partial charge < -0.3 is 26.8 Å². The van der Waals surface area contributed by atoms with Gasteiger partial charge in [0.1, 0.15) is 0 Å². The van der Waals surface area contributed by atoms with Gasteiger partial charge in [-0.15, -0.1) is 0 Å². The van der Waals surface area contributed by atoms with Gasteiger partial charge in [0.15, 0.2) is 6.04 Å². The summed E-state index contributed by atoms with van der Waals surface area (Å²) in [6.45, 7) is 3.60. The molecule has 4 heteroatoms. The average molecular weight is 325 g/mol. The van der Waals surface area contributed by atoms with Crippen molar-refractivity contribution in [2.75, 3.05) is 25.0 Å². The van der Waals surface area contributed by atoms with E-state index in [2.05, 4.69) is 5.32 Å². The molecular formula is C15H21BrN2O. The second-order valence-electron chi connectivity index (χ2n) is 5.61. The first-order chi connectivity index (χ1) is 8.80. The van der Waals surface area contributed by atoms with Crippen LogP contribution >= 0.6 is 0 Å². The number of carbonyl (C=O) groups excluding carboxylic acids is 1. The van der Waals surface area contributed by atoms with Crippen LogP contribution in [0.4, 0.5) is 5.69 Å². The van der Waals surface area contributed by atoms with E-state index in [4.69, 9.17) is 0 Å². The quantitative estimate of drug-likeness (QED) is 0.723. The minimum atomic E-state index is 0. The van der Waals surface area contributed by atoms with Crippen LogP contribution in [-0.2, 0) is 4.79 Å². The number of nitrogens with zero attached hydrogens (tertiary/aromatic N) is 1. The Kier molecular flexibility index (Phi) is 4.63. The monoisotopic (exact) mass is 324 g/mol. The van der Waals surface area contributed by atoms with E-state index < -0.39 is 0 Å². The highest BCUT2D eigenvalue weighted by atomic mass is 79.9. The van der Waals surface area contributed by atoms with Crippen LogP contribution in [0.2, 0.25) is 0 Å². The first kappa shape index (κ1) is 14.5. The average Bonchev–Trinajstić information content (AvgIpc) is 3.02. The van der Waals surface area contributed by atoms with Crippen molar-refractivity contribution in [2.45, 2.75) is 31.7 Å². The number of rotatable bonds is 2. The number of para-hydroxylation sites is 1. The standard InChI is InChI=1S/C15H20N2O.BrH/c18-15(16-13-7-2-1-3-8-13)14-9-6-12-17(14)10-4-5-11-17;/h1-3,7-8,14H,4-6,9-12H2;1H. The molecule has 1 spiro atoms. The Balaban J connectivity index is 0.00000133. The molecule has 1 aromatic rings. The maximum atomic E-state index is 12.4. The van der Waals surface area contributed by atoms with Gasteiger partial charge in [-0.25, -0.2) is 0 Å². The van der Waals surface area contributed by atoms with Crippen molar-refractivity contribution in [3.05, 3.63) is 30.3 Å². The van der Waals surface area contributed by atoms with Crippen LogP contribution in [0.15, 0.2) is 30.3 Å². The summed E-state index contributed by atoms with van der Waals surface area (Å²) in [5.41, 5.74) is 0.923. The van der Waals surface area contributed by atoms with Gasteiger partial charge in [-0.1, -0.05) is 18.2 Å². The number of halogens is 1. The second kappa shape index (κ2) is 6.06. The second-order valence-corrected chi connectivity index (χ2v) is 5.61. The zero-order valence-corrected chi connectivity index (χ0v) is 12.7. The maximum absolute atomic E-state index is 12.4. The summed E-state index contributed by atoms with van der Waals surface area (Å²) in [5.74, 6) is 0.223. The lowest BCUT2D eigenvalue weighted by Gasteiger charge is -2.34. The van der Waals surface area contributed by atoms with Crippen molar-refractivity contribution < 1.29 is 26.3 Å². The predicted molar refractivity (Wildman–Crippen MR) is 72.2 cm³/mol. The lowest BCUT2D eigenvalue weighted by Crippen LogP contribution is -3.00. The van der Waals surface area contributed by atoms with Crippen molar-refractivity contribution in [2.24, 2.45) is 0 Å². The Labute approximate surface area is 125 Å². The summed E-state index contributed by atoms with van der Waals surface area (Å²) in [6, 6.07) is 10.0. The number of hydrogen-bond acceptors (Lipinski definition) is 1. The molecule has 1 unspecified atom stereocenters. The number of nitrogens with one attached hydrogen (secondary N) is 1. The summed E-state index contributed by atoms with van der Waals surface area (Å²) in [7, 11) is 0. The molecule has 2 saturated heterocycles. The van der Waals surface area contributed by atoms with Crippen LogP contribution in [0, 0.1) is 0 Å². The lowest BCUT2D eigenvalue weighted by atomic mass is 10.1. The van der Waals surface area contributed by atoms with Crippen LogP contribution in [0.5, 0.6) is 0 Å². The molecule has 2 heterocycles. The Hall–Kier alpha value is -0.870. The molecular weight excluding hydrogens is 304 g/mol. The maximum Gasteiger partial charge on any atom is 0.282 e. The van der Waals surface area contributed by atoms with E-state index in [1.54, 1.807) is 0 Å². The van der Waals surface area contributed by atoms with E-state index in [-0.39, 0.29) is 28.9 Å². The molecule has 3 nitrogen and oxygen atoms in total. The fourth-order valence-corrected chi connectivity index (χ4v) is 3.66. The third-order valence-corrected chi connectivity index (χ3v) is 4.54. The van der Waals surface area contributed by atoms with Crippen LogP contribution in [-0.4, -0.2) is 36.1 Å². The van der Waals surface area contributed by atoms with Gasteiger partial charge in [0.05, 0.1) is 19.6 Å². The molecule has 0 bridgehead atoms. The summed E-state index contributed by atoms with van der Waals surface area (Å²) in [4.78, 5) is 12.4. The van der Waals surface area contributed by atoms with Gasteiger partial charge in [-0.2, -0.15) is 0 Å². The largest absolute Gasteiger partial charge is 1.00 e. The number of quaternary nitrogens is 1. The molecule has 0 saturated carbocycles. The Morgan fingerprint density at radius 2 is 1.68 bits per heavy atom. The Morgan fingerprint density at radius 1 is 1.05 bits per heavy atom. The Bertz CT molecular complexity index is 424. The third kappa shape index (κ3) is 2.84. The van der Waals surface area contributed by atoms with Crippen LogP contribution < -0.4 is 22.3 Å². The number of benzene rings is 1. The van der Waals surface area contributed by atoms with Crippen molar-refractivity contribution in [3.63, 3.8) is 0 Å². The summed E-state index contributed by atoms with van der Waals surface area (Å²) in [6.07, 6.45) is 4.83. The predicted octanol–water partition coefficient (Wildman–Crippen LogP) is -0.598. The van der Waals surface area contributed by atoms with Crippen LogP contribution in [0.1, 0.15) is 25.7 Å². The summed E-state index contributed by atoms with van der Waals surface area (Å²) >= 11 is 0. The van der Waals surface area contributed by atoms with Crippen molar-refractivity contribution in [1.29, 1.82) is 0 Å². The highest BCUT2D eigenvalue weighted by Crippen LogP contribution is 2.33. The minimum Gasteiger partial charge on any atom is -1.00 e. The molecule has 2 aliphatic heterocycles. The molecule has 104 valence electrons. The summed E-state index contributed by atoms with van der Waals surface area (Å²) in [5, 5.41) is 3.08. The first-order valence-electron chi connectivity index (χ1n) is 7.02. The molecule has 19 heavy (non-hydrogen) atoms. The summed E-state index contributed by atoms with van der Waals surface area (Å²) < 4.78 is 1.05. The van der Waals surface area contributed by atoms with Gasteiger partial charge in [0, 0.05) is 31.4 Å². The van der Waals surface area contributed by atoms with E-state index in [1.165, 1.54) is 38.9 Å². The normalized spacial score (nSPS) is 24.1. The molecule has 2 fully saturated rings. The van der Waals surface area contributed by atoms with E-state index in [1.807, 2.05) is 30.3 Å². The molecule has 2 aliphatic rings. The van der Waals surface area contributed by atoms with E-state index in [0.29, 0.717) is 0 Å². The van der Waals surface area contributed by atoms with Crippen LogP contribution in [0.25, 0.3) is 0 Å². The number of hydrogen-bond donors (Lipinski definition) is 1. The topological polar surface area (TPSA) is 29.1 Å². The van der Waals surface area contributed by atoms with E-state index in [0.717, 1.165) is 16.6 Å². The van der Waals surface area contributed by atoms with Crippen molar-refractivity contribution in [3.8, 4) is 0 Å². The van der Waals surface area contributed by atoms with Gasteiger partial charge in [0.2, 0.25) is 0 Å². The molecule has 0 aromatic heterocycles. The highest BCUT2D eigenvalue weighted by molar-refractivity contribution is 5.94. The fourth-order valence-electron chi connectivity index (χ4n) is 3.66. The first-order valence-corrected chi connectivity index (χ1v) is 7.02. The van der Waals surface area contributed by atoms with Gasteiger partial charge in [-0.3, -0.25) is 4.79 Å². The number of carbonyl (C=O) groups is 1. The molecule has 1 N–H and O–H groups in total. The zero-order chi connectivity index (χ0) is 12.4. The SMILES string of the molecule is O=C(Nc1ccccc1)C1CCC[N+]12CCCC2.[Br-]. The van der Waals surface area contributed by atoms with E-state index in [9.17, 15) is 4.79 Å². The van der Waals surface area contributed by atoms with Crippen molar-refractivity contribution in [1.82, 2.24) is 0 Å². The molecule has 0 radical (unpaired) electrons. The smallest absolute Gasteiger partial charge is 0.282 e. The number of anilines is 1. The zero-order valence-electron chi connectivity index (χ0n) is 11.1. The van der Waals surface area contributed by atoms with Gasteiger partial charge in [-0.05, 0) is 12.1 Å². The third-order valence-electron chi connectivity index (χ3n) is 4.54. The van der Waals surface area contributed by atoms with Gasteiger partial charge >= 0.3 is 0 Å². The number of amides is 1. The van der Waals surface area contributed by atoms with Crippen LogP contribution in [0.3, 0.4) is 0 Å². The Morgan fingerprint density at radius 3 is 2.37 bits per heavy atom. The van der Waals surface area contributed by atoms with E-state index >= 15 is 0 Å². The van der Waals surface area contributed by atoms with Crippen molar-refractivity contribution >= 4 is 11.6 Å². The van der Waals surface area contributed by atoms with Gasteiger partial charge in [0.25, 0.3) is 5.91 Å². The fraction of sp³-hybridized carbons (Fsp3) is 0.533. The molecule has 1 aromatic carbocycles. The minimum absolute atomic E-state index is 0. The molecule has 1 amide bonds. The molecule has 1 atom stereocenters. The highest BCUT2D eigenvalue weighted by Gasteiger charge is 2.47.